The van der Waals surface area contributed by atoms with Gasteiger partial charge < -0.3 is 48.0 Å². The number of piperazine rings is 4. The number of nitrogens with zero attached hydrogens (tertiary/aromatic N) is 13. The second-order valence-corrected chi connectivity index (χ2v) is 36.9. The van der Waals surface area contributed by atoms with Gasteiger partial charge in [0.25, 0.3) is 47.3 Å². The van der Waals surface area contributed by atoms with Crippen molar-refractivity contribution in [3.8, 4) is 34.5 Å². The van der Waals surface area contributed by atoms with Crippen LogP contribution < -0.4 is 48.0 Å². The van der Waals surface area contributed by atoms with Gasteiger partial charge in [-0.15, -0.1) is 0 Å². The molecule has 0 N–H and O–H groups in total. The van der Waals surface area contributed by atoms with E-state index in [2.05, 4.69) is 105 Å². The molecule has 0 aliphatic carbocycles. The number of anilines is 4. The number of amides is 8. The van der Waals surface area contributed by atoms with Gasteiger partial charge in [-0.25, -0.2) is 8.78 Å². The van der Waals surface area contributed by atoms with Crippen LogP contribution in [0.4, 0.5) is 31.5 Å². The lowest BCUT2D eigenvalue weighted by atomic mass is 10.0. The molecule has 12 aromatic rings. The minimum absolute atomic E-state index is 0.115. The third kappa shape index (κ3) is 21.3. The Morgan fingerprint density at radius 1 is 0.296 bits per heavy atom. The molecule has 9 aliphatic rings. The first-order chi connectivity index (χ1) is 69.1. The highest BCUT2D eigenvalue weighted by Gasteiger charge is 2.46. The van der Waals surface area contributed by atoms with Gasteiger partial charge in [-0.3, -0.25) is 82.5 Å². The van der Waals surface area contributed by atoms with Crippen molar-refractivity contribution >= 4 is 81.6 Å². The van der Waals surface area contributed by atoms with Gasteiger partial charge in [-0.1, -0.05) is 121 Å². The van der Waals surface area contributed by atoms with E-state index in [1.165, 1.54) is 55.5 Å². The standard InChI is InChI=1S/C30H31N3O4.C28H28ClN3O4.C28H27F2N3O4.C26H26N4O2/c1-36-24-13-21(14-25(15-24)37-2)17-33-29(34)26-9-6-10-27(28(26)30(33)35)31-18-22-11-12-23(19-31)32(22)16-20-7-4-3-5-8-20;1-35-24-10-9-20(16-25(24)36-2)18-32-27(33)22-7-4-8-23(26(22)28(32)34)31-13-11-30(12-14-31)17-19-5-3-6-21(29)15-19;1-36-24-7-6-18(14-25(24)37-2)17-33-27(34)22-4-3-5-23(26(22)28(33)35)32-10-8-31(9-11-32)16-19-12-20(29)15-21(30)13-19;31-25-22-7-4-8-23(24(22)26(32)30(25)14-11-20-9-12-27-13-10-20)29-17-15-28(16-18-29)19-21-5-2-1-3-6-21/h3-10,13-15,22-23H,11-12,16-19H2,1-2H3;3-10,15-16H,11-14,17-18H2,1-2H3;3-7,12-15H,8-11,16-17H2,1-2H3;1-10,12-13H,11,14-19H2. The van der Waals surface area contributed by atoms with Gasteiger partial charge in [0.2, 0.25) is 0 Å². The monoisotopic (exact) mass is 1940 g/mol. The van der Waals surface area contributed by atoms with Gasteiger partial charge in [0.15, 0.2) is 23.0 Å². The number of carbonyl (C=O) groups is 8. The molecule has 730 valence electrons. The lowest BCUT2D eigenvalue weighted by Crippen LogP contribution is -2.53. The minimum Gasteiger partial charge on any atom is -0.497 e. The number of carbonyl (C=O) groups excluding carboxylic acids is 8. The van der Waals surface area contributed by atoms with E-state index < -0.39 is 11.6 Å². The molecule has 11 aromatic carbocycles. The second kappa shape index (κ2) is 43.9. The summed E-state index contributed by atoms with van der Waals surface area (Å²) >= 11 is 6.13. The number of pyridine rings is 1. The normalized spacial score (nSPS) is 17.3. The lowest BCUT2D eigenvalue weighted by Gasteiger charge is -2.42. The predicted molar refractivity (Wildman–Crippen MR) is 538 cm³/mol. The van der Waals surface area contributed by atoms with Crippen molar-refractivity contribution in [1.29, 1.82) is 0 Å². The molecule has 9 aliphatic heterocycles. The molecule has 1 aromatic heterocycles. The van der Waals surface area contributed by atoms with Crippen LogP contribution in [-0.2, 0) is 52.2 Å². The highest BCUT2D eigenvalue weighted by atomic mass is 35.5. The Morgan fingerprint density at radius 3 is 1.06 bits per heavy atom. The van der Waals surface area contributed by atoms with Crippen molar-refractivity contribution in [2.45, 2.75) is 77.2 Å². The van der Waals surface area contributed by atoms with Crippen molar-refractivity contribution in [1.82, 2.24) is 44.2 Å². The van der Waals surface area contributed by atoms with Crippen LogP contribution in [0.5, 0.6) is 34.5 Å². The molecule has 27 nitrogen and oxygen atoms in total. The van der Waals surface area contributed by atoms with E-state index in [0.29, 0.717) is 142 Å². The molecular weight excluding hydrogens is 1820 g/mol. The molecule has 2 bridgehead atoms. The number of halogens is 3. The number of hydrogen-bond donors (Lipinski definition) is 0. The Bertz CT molecular complexity index is 6650. The van der Waals surface area contributed by atoms with Crippen LogP contribution >= 0.6 is 11.6 Å². The summed E-state index contributed by atoms with van der Waals surface area (Å²) in [7, 11) is 9.38. The molecule has 8 amide bonds. The Hall–Kier alpha value is -14.9. The Labute approximate surface area is 829 Å². The minimum atomic E-state index is -0.589. The van der Waals surface area contributed by atoms with Gasteiger partial charge in [0.1, 0.15) is 23.1 Å². The first kappa shape index (κ1) is 97.3. The Kier molecular flexibility index (Phi) is 30.1. The van der Waals surface area contributed by atoms with Gasteiger partial charge in [-0.2, -0.15) is 0 Å². The summed E-state index contributed by atoms with van der Waals surface area (Å²) in [6.45, 7) is 15.0. The average molecular weight is 1940 g/mol. The molecule has 30 heteroatoms. The summed E-state index contributed by atoms with van der Waals surface area (Å²) in [6, 6.07) is 75.6. The summed E-state index contributed by atoms with van der Waals surface area (Å²) in [5.41, 5.74) is 14.9. The molecule has 0 radical (unpaired) electrons. The van der Waals surface area contributed by atoms with Crippen molar-refractivity contribution in [3.05, 3.63) is 361 Å². The molecule has 5 fully saturated rings. The van der Waals surface area contributed by atoms with E-state index in [0.717, 1.165) is 154 Å². The van der Waals surface area contributed by atoms with Crippen molar-refractivity contribution < 1.29 is 75.6 Å². The van der Waals surface area contributed by atoms with Gasteiger partial charge in [-0.05, 0) is 185 Å². The molecule has 10 heterocycles. The van der Waals surface area contributed by atoms with E-state index in [-0.39, 0.29) is 66.9 Å². The quantitative estimate of drug-likeness (QED) is 0.0434. The maximum Gasteiger partial charge on any atom is 0.263 e. The van der Waals surface area contributed by atoms with Crippen LogP contribution in [0.1, 0.15) is 140 Å². The van der Waals surface area contributed by atoms with Gasteiger partial charge in [0, 0.05) is 166 Å². The summed E-state index contributed by atoms with van der Waals surface area (Å²) in [6.07, 6.45) is 6.39. The van der Waals surface area contributed by atoms with Gasteiger partial charge in [0.05, 0.1) is 130 Å². The third-order valence-corrected chi connectivity index (χ3v) is 28.0. The Balaban J connectivity index is 0.000000125. The first-order valence-corrected chi connectivity index (χ1v) is 48.2. The van der Waals surface area contributed by atoms with Crippen molar-refractivity contribution in [2.24, 2.45) is 0 Å². The number of methoxy groups -OCH3 is 6. The van der Waals surface area contributed by atoms with Crippen molar-refractivity contribution in [3.63, 3.8) is 0 Å². The van der Waals surface area contributed by atoms with E-state index in [1.54, 1.807) is 115 Å². The maximum atomic E-state index is 13.7. The first-order valence-electron chi connectivity index (χ1n) is 47.8. The highest BCUT2D eigenvalue weighted by Crippen LogP contribution is 2.43. The van der Waals surface area contributed by atoms with Gasteiger partial charge >= 0.3 is 0 Å². The molecule has 142 heavy (non-hydrogen) atoms. The van der Waals surface area contributed by atoms with Crippen LogP contribution in [0, 0.1) is 11.6 Å². The zero-order chi connectivity index (χ0) is 98.8. The maximum absolute atomic E-state index is 13.7. The van der Waals surface area contributed by atoms with E-state index in [9.17, 15) is 47.1 Å². The average Bonchev–Trinajstić information content (AvgIpc) is 1.60. The number of ether oxygens (including phenoxy) is 6. The fourth-order valence-electron chi connectivity index (χ4n) is 20.6. The largest absolute Gasteiger partial charge is 0.497 e. The SMILES string of the molecule is COc1cc(CN2C(=O)c3cccc(N4CC5CCC(C4)N5Cc4ccccc4)c3C2=O)cc(OC)c1.COc1ccc(CN2C(=O)c3cccc(N4CCN(Cc5cc(F)cc(F)c5)CC4)c3C2=O)cc1OC.COc1ccc(CN2C(=O)c3cccc(N4CCN(Cc5cccc(Cl)c5)CC4)c3C2=O)cc1OC.O=C1c2cccc(N3CCN(Cc4ccccc4)CC3)c2C(=O)N1CCc1ccncc1. The summed E-state index contributed by atoms with van der Waals surface area (Å²) < 4.78 is 59.2. The molecule has 2 atom stereocenters. The zero-order valence-electron chi connectivity index (χ0n) is 80.2. The van der Waals surface area contributed by atoms with Crippen LogP contribution in [0.15, 0.2) is 255 Å². The number of hydrogen-bond acceptors (Lipinski definition) is 23. The molecule has 5 saturated heterocycles. The smallest absolute Gasteiger partial charge is 0.263 e. The number of fused-ring (bicyclic) bond motifs is 6. The molecular formula is C112H112ClF2N13O14. The molecule has 2 unspecified atom stereocenters. The van der Waals surface area contributed by atoms with Crippen LogP contribution in [0.25, 0.3) is 0 Å². The molecule has 0 spiro atoms. The number of imide groups is 4. The highest BCUT2D eigenvalue weighted by molar-refractivity contribution is 6.30. The number of rotatable bonds is 27. The molecule has 0 saturated carbocycles. The third-order valence-electron chi connectivity index (χ3n) is 27.8. The van der Waals surface area contributed by atoms with E-state index in [1.807, 2.05) is 97.1 Å². The van der Waals surface area contributed by atoms with E-state index in [4.69, 9.17) is 40.0 Å². The lowest BCUT2D eigenvalue weighted by molar-refractivity contribution is 0.0627. The predicted octanol–water partition coefficient (Wildman–Crippen LogP) is 16.2. The van der Waals surface area contributed by atoms with Crippen LogP contribution in [-0.4, -0.2) is 244 Å². The second-order valence-electron chi connectivity index (χ2n) is 36.5. The molecule has 21 rings (SSSR count). The van der Waals surface area contributed by atoms with Crippen LogP contribution in [0.2, 0.25) is 5.02 Å². The summed E-state index contributed by atoms with van der Waals surface area (Å²) in [5.74, 6) is 0.252. The van der Waals surface area contributed by atoms with Crippen LogP contribution in [0.3, 0.4) is 0 Å². The Morgan fingerprint density at radius 2 is 0.648 bits per heavy atom. The summed E-state index contributed by atoms with van der Waals surface area (Å²) in [5, 5.41) is 0.742. The van der Waals surface area contributed by atoms with E-state index >= 15 is 0 Å². The zero-order valence-corrected chi connectivity index (χ0v) is 81.0. The number of benzene rings is 11. The summed E-state index contributed by atoms with van der Waals surface area (Å²) in [4.78, 5) is 134. The van der Waals surface area contributed by atoms with Crippen molar-refractivity contribution in [2.75, 3.05) is 160 Å². The fourth-order valence-corrected chi connectivity index (χ4v) is 20.8. The fraction of sp³-hybridized carbons (Fsp3) is 0.295. The topological polar surface area (TPSA) is 244 Å². The number of aromatic nitrogens is 1.